The molecule has 0 saturated heterocycles. The minimum absolute atomic E-state index is 0.276. The van der Waals surface area contributed by atoms with Gasteiger partial charge in [-0.15, -0.1) is 0 Å². The average Bonchev–Trinajstić information content (AvgIpc) is 2.56. The number of esters is 2. The molecule has 0 heterocycles. The molecule has 0 bridgehead atoms. The highest BCUT2D eigenvalue weighted by Gasteiger charge is 2.12. The van der Waals surface area contributed by atoms with Crippen LogP contribution in [0.1, 0.15) is 65.7 Å². The van der Waals surface area contributed by atoms with Gasteiger partial charge in [0.05, 0.1) is 0 Å². The monoisotopic (exact) mass is 320 g/mol. The quantitative estimate of drug-likeness (QED) is 0.349. The predicted octanol–water partition coefficient (Wildman–Crippen LogP) is 4.90. The van der Waals surface area contributed by atoms with Crippen LogP contribution in [0.5, 0.6) is 11.5 Å². The Kier molecular flexibility index (Phi) is 9.03. The second kappa shape index (κ2) is 10.8. The molecule has 0 spiro atoms. The van der Waals surface area contributed by atoms with Crippen molar-refractivity contribution < 1.29 is 19.1 Å². The van der Waals surface area contributed by atoms with Gasteiger partial charge in [0.15, 0.2) is 11.5 Å². The van der Waals surface area contributed by atoms with Crippen molar-refractivity contribution in [3.05, 3.63) is 24.3 Å². The van der Waals surface area contributed by atoms with E-state index < -0.39 is 0 Å². The summed E-state index contributed by atoms with van der Waals surface area (Å²) < 4.78 is 10.5. The smallest absolute Gasteiger partial charge is 0.311 e. The van der Waals surface area contributed by atoms with Gasteiger partial charge in [0, 0.05) is 12.8 Å². The Hall–Kier alpha value is -1.84. The molecule has 0 saturated carbocycles. The lowest BCUT2D eigenvalue weighted by atomic mass is 9.96. The van der Waals surface area contributed by atoms with E-state index in [4.69, 9.17) is 9.47 Å². The number of carbonyl (C=O) groups is 2. The van der Waals surface area contributed by atoms with E-state index in [2.05, 4.69) is 13.8 Å². The van der Waals surface area contributed by atoms with E-state index in [0.717, 1.165) is 25.2 Å². The summed E-state index contributed by atoms with van der Waals surface area (Å²) in [5.41, 5.74) is 0. The van der Waals surface area contributed by atoms with Gasteiger partial charge in [-0.2, -0.15) is 0 Å². The third kappa shape index (κ3) is 7.31. The van der Waals surface area contributed by atoms with E-state index in [1.165, 1.54) is 12.8 Å². The van der Waals surface area contributed by atoms with Crippen LogP contribution in [0, 0.1) is 5.92 Å². The van der Waals surface area contributed by atoms with Gasteiger partial charge >= 0.3 is 11.9 Å². The van der Waals surface area contributed by atoms with Crippen molar-refractivity contribution >= 4 is 11.9 Å². The van der Waals surface area contributed by atoms with Gasteiger partial charge in [0.2, 0.25) is 0 Å². The van der Waals surface area contributed by atoms with E-state index in [0.29, 0.717) is 17.9 Å². The molecule has 128 valence electrons. The van der Waals surface area contributed by atoms with E-state index >= 15 is 0 Å². The average molecular weight is 320 g/mol. The highest BCUT2D eigenvalue weighted by Crippen LogP contribution is 2.27. The highest BCUT2D eigenvalue weighted by molar-refractivity contribution is 5.75. The maximum atomic E-state index is 11.9. The number of rotatable bonds is 10. The molecule has 1 aromatic rings. The van der Waals surface area contributed by atoms with Gasteiger partial charge in [-0.25, -0.2) is 0 Å². The summed E-state index contributed by atoms with van der Waals surface area (Å²) in [4.78, 5) is 23.3. The Morgan fingerprint density at radius 2 is 1.48 bits per heavy atom. The number of ether oxygens (including phenoxy) is 2. The van der Waals surface area contributed by atoms with Crippen molar-refractivity contribution in [2.45, 2.75) is 65.7 Å². The number of hydrogen-bond acceptors (Lipinski definition) is 4. The van der Waals surface area contributed by atoms with Gasteiger partial charge in [-0.05, 0) is 24.5 Å². The van der Waals surface area contributed by atoms with Crippen LogP contribution in [0.3, 0.4) is 0 Å². The lowest BCUT2D eigenvalue weighted by Gasteiger charge is -2.12. The highest BCUT2D eigenvalue weighted by atomic mass is 16.6. The maximum absolute atomic E-state index is 11.9. The summed E-state index contributed by atoms with van der Waals surface area (Å²) >= 11 is 0. The molecular formula is C19H28O4. The van der Waals surface area contributed by atoms with Crippen LogP contribution in [-0.4, -0.2) is 11.9 Å². The van der Waals surface area contributed by atoms with E-state index in [1.54, 1.807) is 31.2 Å². The van der Waals surface area contributed by atoms with Crippen molar-refractivity contribution in [1.29, 1.82) is 0 Å². The van der Waals surface area contributed by atoms with Gasteiger partial charge in [-0.1, -0.05) is 58.6 Å². The van der Waals surface area contributed by atoms with E-state index in [1.807, 2.05) is 0 Å². The largest absolute Gasteiger partial charge is 0.423 e. The van der Waals surface area contributed by atoms with Crippen LogP contribution in [0.4, 0.5) is 0 Å². The lowest BCUT2D eigenvalue weighted by Crippen LogP contribution is -2.11. The molecule has 0 atom stereocenters. The molecule has 0 aliphatic rings. The topological polar surface area (TPSA) is 52.6 Å². The third-order valence-electron chi connectivity index (χ3n) is 3.98. The summed E-state index contributed by atoms with van der Waals surface area (Å²) in [6.45, 7) is 6.13. The molecule has 0 N–H and O–H groups in total. The van der Waals surface area contributed by atoms with Crippen molar-refractivity contribution in [2.24, 2.45) is 5.92 Å². The minimum atomic E-state index is -0.348. The molecule has 0 fully saturated rings. The molecule has 1 rings (SSSR count). The van der Waals surface area contributed by atoms with Crippen molar-refractivity contribution in [3.63, 3.8) is 0 Å². The minimum Gasteiger partial charge on any atom is -0.423 e. The summed E-state index contributed by atoms with van der Waals surface area (Å²) in [5, 5.41) is 0. The second-order valence-corrected chi connectivity index (χ2v) is 5.68. The first-order valence-corrected chi connectivity index (χ1v) is 8.61. The van der Waals surface area contributed by atoms with Gasteiger partial charge < -0.3 is 9.47 Å². The zero-order valence-electron chi connectivity index (χ0n) is 14.5. The fourth-order valence-electron chi connectivity index (χ4n) is 2.39. The number of unbranched alkanes of at least 4 members (excludes halogenated alkanes) is 1. The van der Waals surface area contributed by atoms with Crippen molar-refractivity contribution in [2.75, 3.05) is 0 Å². The first-order chi connectivity index (χ1) is 11.1. The summed E-state index contributed by atoms with van der Waals surface area (Å²) in [7, 11) is 0. The Labute approximate surface area is 139 Å². The van der Waals surface area contributed by atoms with Crippen LogP contribution in [0.2, 0.25) is 0 Å². The number of para-hydroxylation sites is 2. The van der Waals surface area contributed by atoms with Crippen molar-refractivity contribution in [3.8, 4) is 11.5 Å². The normalized spacial score (nSPS) is 10.6. The van der Waals surface area contributed by atoms with E-state index in [-0.39, 0.29) is 18.4 Å². The van der Waals surface area contributed by atoms with E-state index in [9.17, 15) is 9.59 Å². The first kappa shape index (κ1) is 19.2. The molecule has 0 aromatic heterocycles. The molecule has 0 unspecified atom stereocenters. The lowest BCUT2D eigenvalue weighted by molar-refractivity contribution is -0.137. The maximum Gasteiger partial charge on any atom is 0.311 e. The zero-order chi connectivity index (χ0) is 17.1. The van der Waals surface area contributed by atoms with Crippen LogP contribution < -0.4 is 9.47 Å². The number of carbonyl (C=O) groups excluding carboxylic acids is 2. The van der Waals surface area contributed by atoms with Crippen LogP contribution in [-0.2, 0) is 9.59 Å². The molecule has 0 amide bonds. The Balaban J connectivity index is 2.43. The molecular weight excluding hydrogens is 292 g/mol. The van der Waals surface area contributed by atoms with Crippen LogP contribution in [0.15, 0.2) is 24.3 Å². The fraction of sp³-hybridized carbons (Fsp3) is 0.579. The third-order valence-corrected chi connectivity index (χ3v) is 3.98. The molecule has 0 radical (unpaired) electrons. The zero-order valence-corrected chi connectivity index (χ0v) is 14.5. The summed E-state index contributed by atoms with van der Waals surface area (Å²) in [6.07, 6.45) is 6.06. The molecule has 0 aliphatic carbocycles. The van der Waals surface area contributed by atoms with Gasteiger partial charge in [0.25, 0.3) is 0 Å². The number of hydrogen-bond donors (Lipinski definition) is 0. The standard InChI is InChI=1S/C19H28O4/c1-4-15(5-2)11-7-10-14-19(21)23-17-13-9-8-12-16(17)22-18(20)6-3/h8-9,12-13,15H,4-7,10-11,14H2,1-3H3. The Morgan fingerprint density at radius 1 is 0.913 bits per heavy atom. The molecule has 0 aliphatic heterocycles. The fourth-order valence-corrected chi connectivity index (χ4v) is 2.39. The number of benzene rings is 1. The van der Waals surface area contributed by atoms with Crippen LogP contribution >= 0.6 is 0 Å². The molecule has 23 heavy (non-hydrogen) atoms. The van der Waals surface area contributed by atoms with Crippen molar-refractivity contribution in [1.82, 2.24) is 0 Å². The second-order valence-electron chi connectivity index (χ2n) is 5.68. The SMILES string of the molecule is CCC(=O)Oc1ccccc1OC(=O)CCCCC(CC)CC. The Bertz CT molecular complexity index is 492. The molecule has 4 heteroatoms. The summed E-state index contributed by atoms with van der Waals surface area (Å²) in [5.74, 6) is 0.720. The Morgan fingerprint density at radius 3 is 2.00 bits per heavy atom. The van der Waals surface area contributed by atoms with Gasteiger partial charge in [0.1, 0.15) is 0 Å². The molecule has 1 aromatic carbocycles. The first-order valence-electron chi connectivity index (χ1n) is 8.61. The summed E-state index contributed by atoms with van der Waals surface area (Å²) in [6, 6.07) is 6.76. The predicted molar refractivity (Wildman–Crippen MR) is 90.5 cm³/mol. The van der Waals surface area contributed by atoms with Crippen LogP contribution in [0.25, 0.3) is 0 Å². The van der Waals surface area contributed by atoms with Gasteiger partial charge in [-0.3, -0.25) is 9.59 Å². The molecule has 4 nitrogen and oxygen atoms in total.